The van der Waals surface area contributed by atoms with Gasteiger partial charge in [-0.2, -0.15) is 17.4 Å². The van der Waals surface area contributed by atoms with E-state index in [1.54, 1.807) is 26.1 Å². The lowest BCUT2D eigenvalue weighted by Gasteiger charge is -2.31. The molecule has 8 heteroatoms. The number of hydrogen-bond donors (Lipinski definition) is 1. The van der Waals surface area contributed by atoms with Crippen molar-refractivity contribution in [2.45, 2.75) is 56.0 Å². The second-order valence-corrected chi connectivity index (χ2v) is 10.3. The first-order chi connectivity index (χ1) is 11.1. The molecular formula is C16H26N2O4S2. The molecule has 136 valence electrons. The van der Waals surface area contributed by atoms with Crippen LogP contribution in [0.3, 0.4) is 0 Å². The summed E-state index contributed by atoms with van der Waals surface area (Å²) in [7, 11) is -5.21. The van der Waals surface area contributed by atoms with Gasteiger partial charge in [-0.3, -0.25) is 0 Å². The summed E-state index contributed by atoms with van der Waals surface area (Å²) in [5, 5.41) is 0. The molecule has 1 fully saturated rings. The van der Waals surface area contributed by atoms with E-state index in [2.05, 4.69) is 4.72 Å². The molecule has 1 aliphatic carbocycles. The largest absolute Gasteiger partial charge is 0.279 e. The molecule has 0 saturated heterocycles. The maximum Gasteiger partial charge on any atom is 0.279 e. The van der Waals surface area contributed by atoms with Gasteiger partial charge in [-0.25, -0.2) is 8.42 Å². The first-order valence-electron chi connectivity index (χ1n) is 8.16. The van der Waals surface area contributed by atoms with Crippen molar-refractivity contribution in [3.8, 4) is 0 Å². The zero-order valence-electron chi connectivity index (χ0n) is 14.4. The van der Waals surface area contributed by atoms with E-state index >= 15 is 0 Å². The molecular weight excluding hydrogens is 348 g/mol. The summed E-state index contributed by atoms with van der Waals surface area (Å²) in [5.74, 6) is 0. The van der Waals surface area contributed by atoms with E-state index in [9.17, 15) is 16.8 Å². The van der Waals surface area contributed by atoms with Crippen LogP contribution in [0.15, 0.2) is 29.2 Å². The molecule has 0 radical (unpaired) electrons. The van der Waals surface area contributed by atoms with Crippen molar-refractivity contribution in [2.75, 3.05) is 13.3 Å². The Morgan fingerprint density at radius 3 is 2.08 bits per heavy atom. The van der Waals surface area contributed by atoms with Gasteiger partial charge in [0.15, 0.2) is 9.84 Å². The topological polar surface area (TPSA) is 83.6 Å². The fraction of sp³-hybridized carbons (Fsp3) is 0.625. The Labute approximate surface area is 145 Å². The normalized spacial score (nSPS) is 18.7. The van der Waals surface area contributed by atoms with Gasteiger partial charge in [-0.05, 0) is 37.5 Å². The Morgan fingerprint density at radius 2 is 1.58 bits per heavy atom. The molecule has 0 aliphatic heterocycles. The van der Waals surface area contributed by atoms with Crippen LogP contribution in [0.2, 0.25) is 0 Å². The highest BCUT2D eigenvalue weighted by atomic mass is 32.2. The van der Waals surface area contributed by atoms with Crippen LogP contribution in [0.1, 0.15) is 50.6 Å². The summed E-state index contributed by atoms with van der Waals surface area (Å²) in [6, 6.07) is 5.90. The number of benzene rings is 1. The van der Waals surface area contributed by atoms with Crippen LogP contribution >= 0.6 is 0 Å². The van der Waals surface area contributed by atoms with Crippen LogP contribution in [0.5, 0.6) is 0 Å². The SMILES string of the molecule is CC(NS(=O)(=O)N(C)C1CCCCC1)c1ccc(S(C)(=O)=O)cc1. The summed E-state index contributed by atoms with van der Waals surface area (Å²) in [5.41, 5.74) is 0.725. The Bertz CT molecular complexity index is 752. The van der Waals surface area contributed by atoms with Gasteiger partial charge in [0.25, 0.3) is 10.2 Å². The summed E-state index contributed by atoms with van der Waals surface area (Å²) < 4.78 is 52.2. The van der Waals surface area contributed by atoms with E-state index in [0.29, 0.717) is 0 Å². The van der Waals surface area contributed by atoms with Gasteiger partial charge in [-0.15, -0.1) is 0 Å². The second kappa shape index (κ2) is 7.51. The average Bonchev–Trinajstić information content (AvgIpc) is 2.54. The number of rotatable bonds is 6. The first-order valence-corrected chi connectivity index (χ1v) is 11.5. The van der Waals surface area contributed by atoms with Crippen LogP contribution in [-0.2, 0) is 20.0 Å². The first kappa shape index (κ1) is 19.4. The minimum atomic E-state index is -3.58. The predicted molar refractivity (Wildman–Crippen MR) is 94.7 cm³/mol. The third-order valence-electron chi connectivity index (χ3n) is 4.60. The highest BCUT2D eigenvalue weighted by molar-refractivity contribution is 7.90. The Morgan fingerprint density at radius 1 is 1.04 bits per heavy atom. The Hall–Kier alpha value is -0.960. The molecule has 2 rings (SSSR count). The predicted octanol–water partition coefficient (Wildman–Crippen LogP) is 2.25. The Balaban J connectivity index is 2.08. The molecule has 0 spiro atoms. The number of hydrogen-bond acceptors (Lipinski definition) is 4. The van der Waals surface area contributed by atoms with Crippen LogP contribution in [-0.4, -0.2) is 40.5 Å². The molecule has 24 heavy (non-hydrogen) atoms. The van der Waals surface area contributed by atoms with E-state index in [1.165, 1.54) is 22.9 Å². The van der Waals surface area contributed by atoms with Crippen LogP contribution in [0.4, 0.5) is 0 Å². The number of nitrogens with one attached hydrogen (secondary N) is 1. The summed E-state index contributed by atoms with van der Waals surface area (Å²) >= 11 is 0. The molecule has 1 atom stereocenters. The molecule has 0 aromatic heterocycles. The molecule has 1 aliphatic rings. The van der Waals surface area contributed by atoms with E-state index in [0.717, 1.165) is 37.5 Å². The van der Waals surface area contributed by atoms with Crippen molar-refractivity contribution in [3.05, 3.63) is 29.8 Å². The standard InChI is InChI=1S/C16H26N2O4S2/c1-13(14-9-11-16(12-10-14)23(3,19)20)17-24(21,22)18(2)15-7-5-4-6-8-15/h9-13,15,17H,4-8H2,1-3H3. The molecule has 1 unspecified atom stereocenters. The van der Waals surface area contributed by atoms with Gasteiger partial charge in [0.2, 0.25) is 0 Å². The molecule has 1 N–H and O–H groups in total. The van der Waals surface area contributed by atoms with Crippen molar-refractivity contribution in [1.29, 1.82) is 0 Å². The van der Waals surface area contributed by atoms with E-state index in [-0.39, 0.29) is 10.9 Å². The van der Waals surface area contributed by atoms with Crippen molar-refractivity contribution in [3.63, 3.8) is 0 Å². The molecule has 0 amide bonds. The zero-order valence-corrected chi connectivity index (χ0v) is 16.0. The highest BCUT2D eigenvalue weighted by Gasteiger charge is 2.28. The zero-order chi connectivity index (χ0) is 18.0. The lowest BCUT2D eigenvalue weighted by Crippen LogP contribution is -2.45. The minimum absolute atomic E-state index is 0.0519. The lowest BCUT2D eigenvalue weighted by molar-refractivity contribution is 0.281. The third kappa shape index (κ3) is 4.78. The van der Waals surface area contributed by atoms with Crippen molar-refractivity contribution >= 4 is 20.0 Å². The average molecular weight is 375 g/mol. The molecule has 0 heterocycles. The quantitative estimate of drug-likeness (QED) is 0.828. The lowest BCUT2D eigenvalue weighted by atomic mass is 9.96. The van der Waals surface area contributed by atoms with Crippen LogP contribution in [0.25, 0.3) is 0 Å². The maximum absolute atomic E-state index is 12.6. The second-order valence-electron chi connectivity index (χ2n) is 6.49. The van der Waals surface area contributed by atoms with Gasteiger partial charge < -0.3 is 0 Å². The Kier molecular flexibility index (Phi) is 6.06. The van der Waals surface area contributed by atoms with E-state index in [1.807, 2.05) is 0 Å². The summed E-state index contributed by atoms with van der Waals surface area (Å²) in [4.78, 5) is 0.223. The van der Waals surface area contributed by atoms with E-state index in [4.69, 9.17) is 0 Å². The molecule has 1 saturated carbocycles. The van der Waals surface area contributed by atoms with Crippen LogP contribution < -0.4 is 4.72 Å². The maximum atomic E-state index is 12.6. The smallest absolute Gasteiger partial charge is 0.224 e. The number of sulfone groups is 1. The third-order valence-corrected chi connectivity index (χ3v) is 7.44. The van der Waals surface area contributed by atoms with Gasteiger partial charge >= 0.3 is 0 Å². The molecule has 1 aromatic rings. The number of nitrogens with zero attached hydrogens (tertiary/aromatic N) is 1. The summed E-state index contributed by atoms with van der Waals surface area (Å²) in [6.45, 7) is 1.75. The van der Waals surface area contributed by atoms with Crippen molar-refractivity contribution in [2.24, 2.45) is 0 Å². The van der Waals surface area contributed by atoms with Crippen molar-refractivity contribution in [1.82, 2.24) is 9.03 Å². The summed E-state index contributed by atoms with van der Waals surface area (Å²) in [6.07, 6.45) is 6.23. The molecule has 6 nitrogen and oxygen atoms in total. The van der Waals surface area contributed by atoms with E-state index < -0.39 is 26.1 Å². The van der Waals surface area contributed by atoms with Crippen molar-refractivity contribution < 1.29 is 16.8 Å². The molecule has 1 aromatic carbocycles. The monoisotopic (exact) mass is 374 g/mol. The minimum Gasteiger partial charge on any atom is -0.224 e. The molecule has 0 bridgehead atoms. The fourth-order valence-electron chi connectivity index (χ4n) is 3.02. The van der Waals surface area contributed by atoms with Gasteiger partial charge in [0, 0.05) is 25.4 Å². The highest BCUT2D eigenvalue weighted by Crippen LogP contribution is 2.24. The van der Waals surface area contributed by atoms with Gasteiger partial charge in [0.05, 0.1) is 4.90 Å². The fourth-order valence-corrected chi connectivity index (χ4v) is 5.00. The van der Waals surface area contributed by atoms with Gasteiger partial charge in [-0.1, -0.05) is 31.4 Å². The van der Waals surface area contributed by atoms with Crippen LogP contribution in [0, 0.1) is 0 Å². The van der Waals surface area contributed by atoms with Gasteiger partial charge in [0.1, 0.15) is 0 Å².